The molecule has 0 saturated carbocycles. The number of aryl methyl sites for hydroxylation is 3. The Balaban J connectivity index is 1.74. The molecule has 0 radical (unpaired) electrons. The van der Waals surface area contributed by atoms with Crippen molar-refractivity contribution in [2.45, 2.75) is 20.4 Å². The van der Waals surface area contributed by atoms with Gasteiger partial charge in [-0.2, -0.15) is 5.10 Å². The van der Waals surface area contributed by atoms with E-state index >= 15 is 0 Å². The fourth-order valence-corrected chi connectivity index (χ4v) is 2.82. The van der Waals surface area contributed by atoms with E-state index in [4.69, 9.17) is 0 Å². The predicted molar refractivity (Wildman–Crippen MR) is 107 cm³/mol. The molecule has 140 valence electrons. The number of amides is 1. The Morgan fingerprint density at radius 2 is 1.96 bits per heavy atom. The van der Waals surface area contributed by atoms with Gasteiger partial charge in [-0.3, -0.25) is 9.48 Å². The van der Waals surface area contributed by atoms with E-state index in [1.165, 1.54) is 0 Å². The Morgan fingerprint density at radius 1 is 1.19 bits per heavy atom. The van der Waals surface area contributed by atoms with Crippen LogP contribution in [-0.2, 0) is 13.6 Å². The number of carbonyl (C=O) groups is 1. The number of aromatic nitrogens is 3. The van der Waals surface area contributed by atoms with E-state index in [0.717, 1.165) is 28.2 Å². The molecular formula is C20H24N6O. The molecule has 3 aromatic rings. The summed E-state index contributed by atoms with van der Waals surface area (Å²) in [7, 11) is 3.67. The molecular weight excluding hydrogens is 340 g/mol. The first-order valence-electron chi connectivity index (χ1n) is 8.75. The van der Waals surface area contributed by atoms with Gasteiger partial charge in [-0.1, -0.05) is 18.2 Å². The third-order valence-corrected chi connectivity index (χ3v) is 4.37. The predicted octanol–water partition coefficient (Wildman–Crippen LogP) is 3.15. The van der Waals surface area contributed by atoms with Gasteiger partial charge in [0, 0.05) is 44.3 Å². The third kappa shape index (κ3) is 4.25. The monoisotopic (exact) mass is 364 g/mol. The normalized spacial score (nSPS) is 10.5. The van der Waals surface area contributed by atoms with E-state index in [2.05, 4.69) is 26.0 Å². The summed E-state index contributed by atoms with van der Waals surface area (Å²) >= 11 is 0. The number of rotatable bonds is 6. The fourth-order valence-electron chi connectivity index (χ4n) is 2.82. The van der Waals surface area contributed by atoms with Gasteiger partial charge in [0.1, 0.15) is 0 Å². The molecule has 0 bridgehead atoms. The van der Waals surface area contributed by atoms with E-state index in [1.54, 1.807) is 24.0 Å². The van der Waals surface area contributed by atoms with Crippen LogP contribution in [0.2, 0.25) is 0 Å². The summed E-state index contributed by atoms with van der Waals surface area (Å²) in [4.78, 5) is 16.9. The number of hydrogen-bond donors (Lipinski definition) is 3. The highest BCUT2D eigenvalue weighted by atomic mass is 16.1. The lowest BCUT2D eigenvalue weighted by Crippen LogP contribution is -2.23. The minimum atomic E-state index is -0.176. The zero-order chi connectivity index (χ0) is 19.4. The maximum Gasteiger partial charge on any atom is 0.253 e. The summed E-state index contributed by atoms with van der Waals surface area (Å²) in [5.74, 6) is 0.496. The number of para-hydroxylation sites is 1. The lowest BCUT2D eigenvalue weighted by atomic mass is 10.2. The second-order valence-corrected chi connectivity index (χ2v) is 6.41. The molecule has 1 amide bonds. The van der Waals surface area contributed by atoms with Crippen molar-refractivity contribution in [1.82, 2.24) is 20.1 Å². The Labute approximate surface area is 158 Å². The molecule has 0 unspecified atom stereocenters. The highest BCUT2D eigenvalue weighted by Gasteiger charge is 2.12. The number of carbonyl (C=O) groups excluding carboxylic acids is 1. The second-order valence-electron chi connectivity index (χ2n) is 6.41. The average molecular weight is 364 g/mol. The van der Waals surface area contributed by atoms with Crippen LogP contribution in [0.4, 0.5) is 17.2 Å². The van der Waals surface area contributed by atoms with Gasteiger partial charge in [-0.05, 0) is 31.5 Å². The first-order valence-corrected chi connectivity index (χ1v) is 8.75. The minimum Gasteiger partial charge on any atom is -0.385 e. The highest BCUT2D eigenvalue weighted by molar-refractivity contribution is 5.95. The Kier molecular flexibility index (Phi) is 5.40. The number of benzene rings is 1. The van der Waals surface area contributed by atoms with Crippen LogP contribution in [0, 0.1) is 13.8 Å². The van der Waals surface area contributed by atoms with E-state index in [9.17, 15) is 4.79 Å². The van der Waals surface area contributed by atoms with Gasteiger partial charge in [0.15, 0.2) is 5.82 Å². The van der Waals surface area contributed by atoms with Gasteiger partial charge in [-0.15, -0.1) is 0 Å². The van der Waals surface area contributed by atoms with Gasteiger partial charge in [0.25, 0.3) is 5.91 Å². The van der Waals surface area contributed by atoms with E-state index in [0.29, 0.717) is 17.9 Å². The van der Waals surface area contributed by atoms with Crippen molar-refractivity contribution in [2.75, 3.05) is 17.7 Å². The van der Waals surface area contributed by atoms with Gasteiger partial charge in [-0.25, -0.2) is 4.98 Å². The van der Waals surface area contributed by atoms with Crippen molar-refractivity contribution >= 4 is 23.1 Å². The van der Waals surface area contributed by atoms with Crippen molar-refractivity contribution in [2.24, 2.45) is 7.05 Å². The van der Waals surface area contributed by atoms with Crippen molar-refractivity contribution < 1.29 is 4.79 Å². The van der Waals surface area contributed by atoms with Crippen molar-refractivity contribution in [1.29, 1.82) is 0 Å². The van der Waals surface area contributed by atoms with E-state index in [1.807, 2.05) is 51.4 Å². The molecule has 1 aromatic carbocycles. The number of pyridine rings is 1. The largest absolute Gasteiger partial charge is 0.385 e. The van der Waals surface area contributed by atoms with Crippen LogP contribution in [0.15, 0.2) is 42.7 Å². The summed E-state index contributed by atoms with van der Waals surface area (Å²) in [6, 6.07) is 9.77. The molecule has 7 heteroatoms. The van der Waals surface area contributed by atoms with Crippen LogP contribution in [0.5, 0.6) is 0 Å². The molecule has 0 saturated heterocycles. The quantitative estimate of drug-likeness (QED) is 0.626. The fraction of sp³-hybridized carbons (Fsp3) is 0.250. The SMILES string of the molecule is CNc1cc(C(=O)NCc2cn(C)nc2C)cnc1Nc1ccccc1C. The molecule has 7 nitrogen and oxygen atoms in total. The lowest BCUT2D eigenvalue weighted by molar-refractivity contribution is 0.0950. The van der Waals surface area contributed by atoms with Crippen LogP contribution >= 0.6 is 0 Å². The summed E-state index contributed by atoms with van der Waals surface area (Å²) in [6.07, 6.45) is 3.48. The van der Waals surface area contributed by atoms with Crippen LogP contribution in [-0.4, -0.2) is 27.7 Å². The molecule has 0 spiro atoms. The zero-order valence-electron chi connectivity index (χ0n) is 16.0. The van der Waals surface area contributed by atoms with Gasteiger partial charge < -0.3 is 16.0 Å². The standard InChI is InChI=1S/C20H24N6O/c1-13-7-5-6-8-17(13)24-19-18(21-3)9-15(10-22-19)20(27)23-11-16-12-26(4)25-14(16)2/h5-10,12,21H,11H2,1-4H3,(H,22,24)(H,23,27). The number of hydrogen-bond acceptors (Lipinski definition) is 5. The van der Waals surface area contributed by atoms with Gasteiger partial charge in [0.05, 0.1) is 16.9 Å². The maximum atomic E-state index is 12.5. The second kappa shape index (κ2) is 7.90. The summed E-state index contributed by atoms with van der Waals surface area (Å²) in [5, 5.41) is 13.6. The van der Waals surface area contributed by atoms with Crippen LogP contribution in [0.3, 0.4) is 0 Å². The molecule has 0 aliphatic rings. The highest BCUT2D eigenvalue weighted by Crippen LogP contribution is 2.25. The van der Waals surface area contributed by atoms with Crippen molar-refractivity contribution in [3.05, 3.63) is 65.1 Å². The van der Waals surface area contributed by atoms with E-state index < -0.39 is 0 Å². The Bertz CT molecular complexity index is 963. The minimum absolute atomic E-state index is 0.176. The Hall–Kier alpha value is -3.35. The van der Waals surface area contributed by atoms with Gasteiger partial charge in [0.2, 0.25) is 0 Å². The van der Waals surface area contributed by atoms with Gasteiger partial charge >= 0.3 is 0 Å². The Morgan fingerprint density at radius 3 is 2.63 bits per heavy atom. The molecule has 27 heavy (non-hydrogen) atoms. The van der Waals surface area contributed by atoms with Crippen LogP contribution in [0.25, 0.3) is 0 Å². The third-order valence-electron chi connectivity index (χ3n) is 4.37. The van der Waals surface area contributed by atoms with E-state index in [-0.39, 0.29) is 5.91 Å². The lowest BCUT2D eigenvalue weighted by Gasteiger charge is -2.14. The maximum absolute atomic E-state index is 12.5. The van der Waals surface area contributed by atoms with Crippen LogP contribution in [0.1, 0.15) is 27.2 Å². The topological polar surface area (TPSA) is 83.9 Å². The van der Waals surface area contributed by atoms with Crippen molar-refractivity contribution in [3.8, 4) is 0 Å². The molecule has 0 aliphatic carbocycles. The van der Waals surface area contributed by atoms with Crippen LogP contribution < -0.4 is 16.0 Å². The molecule has 0 atom stereocenters. The molecule has 3 N–H and O–H groups in total. The summed E-state index contributed by atoms with van der Waals surface area (Å²) in [5.41, 5.74) is 5.25. The number of nitrogens with zero attached hydrogens (tertiary/aromatic N) is 3. The zero-order valence-corrected chi connectivity index (χ0v) is 16.0. The number of nitrogens with one attached hydrogen (secondary N) is 3. The summed E-state index contributed by atoms with van der Waals surface area (Å²) < 4.78 is 1.74. The smallest absolute Gasteiger partial charge is 0.253 e. The average Bonchev–Trinajstić information content (AvgIpc) is 2.99. The molecule has 0 aliphatic heterocycles. The number of anilines is 3. The first-order chi connectivity index (χ1) is 13.0. The molecule has 2 heterocycles. The molecule has 2 aromatic heterocycles. The van der Waals surface area contributed by atoms with Crippen molar-refractivity contribution in [3.63, 3.8) is 0 Å². The molecule has 3 rings (SSSR count). The first kappa shape index (κ1) is 18.4. The summed E-state index contributed by atoms with van der Waals surface area (Å²) in [6.45, 7) is 4.38. The molecule has 0 fully saturated rings.